The predicted molar refractivity (Wildman–Crippen MR) is 91.9 cm³/mol. The molecule has 0 amide bonds. The molecule has 0 aromatic rings. The number of methoxy groups -OCH3 is 3. The number of carboxylic acid groups (broad SMARTS) is 1. The van der Waals surface area contributed by atoms with Crippen LogP contribution in [0.5, 0.6) is 0 Å². The third kappa shape index (κ3) is 114. The second kappa shape index (κ2) is 42.8. The highest BCUT2D eigenvalue weighted by atomic mass is 16.5. The second-order valence-corrected chi connectivity index (χ2v) is 2.83. The summed E-state index contributed by atoms with van der Waals surface area (Å²) in [6.45, 7) is 8.91. The van der Waals surface area contributed by atoms with Crippen LogP contribution in [-0.4, -0.2) is 63.8 Å². The molecule has 0 fully saturated rings. The van der Waals surface area contributed by atoms with Crippen molar-refractivity contribution in [1.82, 2.24) is 0 Å². The fraction of sp³-hybridized carbons (Fsp3) is 0.857. The average molecular weight is 329 g/mol. The number of aliphatic hydroxyl groups is 1. The molecule has 0 aromatic carbocycles. The van der Waals surface area contributed by atoms with E-state index in [1.807, 2.05) is 13.8 Å². The largest absolute Gasteiger partial charge is 0.481 e. The standard InChI is InChI=1S/C4H8O2.C3H6O2.2C3H8O.CH4O.4H2/c1-3-4(5)6-2;1-2-3(4)5;2*1-3-4-2;1-2;;;;/h3H2,1-2H3;2H2,1H3,(H,4,5);2*3H2,1-2H3;2H,1H3;4*1H/i;;;;;2*1+2;2*1+1. The lowest BCUT2D eigenvalue weighted by atomic mass is 10.5. The van der Waals surface area contributed by atoms with E-state index in [2.05, 4.69) is 14.2 Å². The summed E-state index contributed by atoms with van der Waals surface area (Å²) in [6, 6.07) is 0. The van der Waals surface area contributed by atoms with Crippen LogP contribution >= 0.6 is 0 Å². The fourth-order valence-electron chi connectivity index (χ4n) is 0.144. The van der Waals surface area contributed by atoms with Gasteiger partial charge in [0.1, 0.15) is 0 Å². The van der Waals surface area contributed by atoms with Gasteiger partial charge in [0.15, 0.2) is 0 Å². The lowest BCUT2D eigenvalue weighted by molar-refractivity contribution is -0.140. The Hall–Kier alpha value is -1.18. The molecular formula is C14H42O7. The Morgan fingerprint density at radius 1 is 0.905 bits per heavy atom. The number of hydrogen-bond donors (Lipinski definition) is 2. The normalized spacial score (nSPS) is 7.10. The van der Waals surface area contributed by atoms with Gasteiger partial charge in [-0.2, -0.15) is 0 Å². The number of carbonyl (C=O) groups excluding carboxylic acids is 1. The number of aliphatic hydroxyl groups excluding tert-OH is 1. The number of esters is 1. The van der Waals surface area contributed by atoms with Gasteiger partial charge in [0.2, 0.25) is 0 Å². The number of aliphatic carboxylic acids is 1. The van der Waals surface area contributed by atoms with E-state index in [1.165, 1.54) is 7.11 Å². The molecule has 0 radical (unpaired) electrons. The van der Waals surface area contributed by atoms with E-state index in [9.17, 15) is 9.59 Å². The summed E-state index contributed by atoms with van der Waals surface area (Å²) in [5.74, 6) is -0.903. The molecule has 140 valence electrons. The van der Waals surface area contributed by atoms with E-state index < -0.39 is 5.97 Å². The quantitative estimate of drug-likeness (QED) is 0.765. The van der Waals surface area contributed by atoms with Gasteiger partial charge in [-0.25, -0.2) is 0 Å². The fourth-order valence-corrected chi connectivity index (χ4v) is 0.144. The number of carboxylic acids is 1. The Morgan fingerprint density at radius 3 is 1.14 bits per heavy atom. The molecule has 0 bridgehead atoms. The molecule has 0 spiro atoms. The zero-order valence-electron chi connectivity index (χ0n) is 14.8. The lowest BCUT2D eigenvalue weighted by Crippen LogP contribution is -1.94. The molecule has 7 heteroatoms. The summed E-state index contributed by atoms with van der Waals surface area (Å²) in [7, 11) is 5.74. The number of rotatable bonds is 4. The maximum Gasteiger partial charge on any atom is 0.305 e. The van der Waals surface area contributed by atoms with Crippen LogP contribution in [0.4, 0.5) is 0 Å². The molecule has 0 unspecified atom stereocenters. The van der Waals surface area contributed by atoms with E-state index in [0.29, 0.717) is 6.42 Å². The molecule has 0 aliphatic carbocycles. The highest BCUT2D eigenvalue weighted by Crippen LogP contribution is 1.76. The van der Waals surface area contributed by atoms with Crippen molar-refractivity contribution in [3.63, 3.8) is 0 Å². The number of carbonyl (C=O) groups is 2. The average Bonchev–Trinajstić information content (AvgIpc) is 2.56. The van der Waals surface area contributed by atoms with Gasteiger partial charge in [-0.05, 0) is 13.8 Å². The molecule has 0 heterocycles. The van der Waals surface area contributed by atoms with Gasteiger partial charge in [0.05, 0.1) is 7.11 Å². The summed E-state index contributed by atoms with van der Waals surface area (Å²) < 4.78 is 13.3. The van der Waals surface area contributed by atoms with Gasteiger partial charge < -0.3 is 24.4 Å². The Labute approximate surface area is 135 Å². The van der Waals surface area contributed by atoms with E-state index in [-0.39, 0.29) is 18.1 Å². The molecule has 7 nitrogen and oxygen atoms in total. The van der Waals surface area contributed by atoms with Crippen molar-refractivity contribution in [2.75, 3.05) is 41.7 Å². The molecule has 21 heavy (non-hydrogen) atoms. The highest BCUT2D eigenvalue weighted by Gasteiger charge is 1.87. The number of hydrogen-bond acceptors (Lipinski definition) is 6. The second-order valence-electron chi connectivity index (χ2n) is 2.83. The smallest absolute Gasteiger partial charge is 0.305 e. The molecule has 0 aliphatic heterocycles. The Bertz CT molecular complexity index is 175. The first kappa shape index (κ1) is 32.0. The number of ether oxygens (including phenoxy) is 3. The van der Waals surface area contributed by atoms with E-state index >= 15 is 0 Å². The van der Waals surface area contributed by atoms with Gasteiger partial charge in [0, 0.05) is 53.1 Å². The van der Waals surface area contributed by atoms with Crippen molar-refractivity contribution >= 4 is 11.9 Å². The van der Waals surface area contributed by atoms with E-state index in [0.717, 1.165) is 20.3 Å². The van der Waals surface area contributed by atoms with Gasteiger partial charge >= 0.3 is 11.9 Å². The molecule has 2 N–H and O–H groups in total. The first-order valence-corrected chi connectivity index (χ1v) is 6.62. The first-order valence-electron chi connectivity index (χ1n) is 6.62. The minimum atomic E-state index is -0.745. The SMILES string of the molecule is CCC(=O)O.CCC(=O)OC.CCOC.CCOC.CO.[2HH].[2HH].[3HH].[3HH]. The topological polar surface area (TPSA) is 102 Å². The summed E-state index contributed by atoms with van der Waals surface area (Å²) in [5.41, 5.74) is 0. The Morgan fingerprint density at radius 2 is 1.14 bits per heavy atom. The first-order chi connectivity index (χ1) is 9.91. The summed E-state index contributed by atoms with van der Waals surface area (Å²) >= 11 is 0. The van der Waals surface area contributed by atoms with Crippen molar-refractivity contribution in [3.8, 4) is 0 Å². The van der Waals surface area contributed by atoms with Gasteiger partial charge in [-0.3, -0.25) is 9.59 Å². The van der Waals surface area contributed by atoms with Crippen LogP contribution in [0, 0.1) is 0 Å². The van der Waals surface area contributed by atoms with Gasteiger partial charge in [0.25, 0.3) is 0 Å². The Kier molecular flexibility index (Phi) is 65.1. The van der Waals surface area contributed by atoms with Crippen LogP contribution < -0.4 is 0 Å². The van der Waals surface area contributed by atoms with Crippen LogP contribution in [0.25, 0.3) is 0 Å². The van der Waals surface area contributed by atoms with Crippen LogP contribution in [0.3, 0.4) is 0 Å². The molecule has 0 aromatic heterocycles. The van der Waals surface area contributed by atoms with E-state index in [4.69, 9.17) is 10.2 Å². The van der Waals surface area contributed by atoms with Crippen LogP contribution in [-0.2, 0) is 23.8 Å². The zero-order chi connectivity index (χ0) is 18.1. The minimum Gasteiger partial charge on any atom is -0.481 e. The molecule has 0 rings (SSSR count). The van der Waals surface area contributed by atoms with Crippen molar-refractivity contribution < 1.29 is 39.7 Å². The molecular weight excluding hydrogens is 280 g/mol. The van der Waals surface area contributed by atoms with Crippen LogP contribution in [0.15, 0.2) is 0 Å². The maximum atomic E-state index is 9.96. The highest BCUT2D eigenvalue weighted by molar-refractivity contribution is 5.68. The van der Waals surface area contributed by atoms with Crippen molar-refractivity contribution in [2.24, 2.45) is 0 Å². The maximum absolute atomic E-state index is 9.96. The zero-order valence-corrected chi connectivity index (χ0v) is 14.8. The van der Waals surface area contributed by atoms with Gasteiger partial charge in [-0.15, -0.1) is 0 Å². The molecule has 0 aliphatic rings. The monoisotopic (exact) mass is 328 g/mol. The molecule has 0 saturated heterocycles. The third-order valence-electron chi connectivity index (χ3n) is 1.40. The minimum absolute atomic E-state index is 0. The lowest BCUT2D eigenvalue weighted by Gasteiger charge is -1.87. The van der Waals surface area contributed by atoms with Crippen molar-refractivity contribution in [2.45, 2.75) is 40.5 Å². The summed E-state index contributed by atoms with van der Waals surface area (Å²) in [4.78, 5) is 19.3. The molecule has 0 saturated carbocycles. The van der Waals surface area contributed by atoms with Crippen LogP contribution in [0.2, 0.25) is 0 Å². The van der Waals surface area contributed by atoms with Crippen molar-refractivity contribution in [1.29, 1.82) is 0 Å². The molecule has 0 atom stereocenters. The summed E-state index contributed by atoms with van der Waals surface area (Å²) in [6.07, 6.45) is 0.691. The van der Waals surface area contributed by atoms with Crippen LogP contribution in [0.1, 0.15) is 46.2 Å². The summed E-state index contributed by atoms with van der Waals surface area (Å²) in [5, 5.41) is 14.7. The predicted octanol–water partition coefficient (Wildman–Crippen LogP) is 2.95. The van der Waals surface area contributed by atoms with Gasteiger partial charge in [-0.1, -0.05) is 13.8 Å². The van der Waals surface area contributed by atoms with Crippen molar-refractivity contribution in [3.05, 3.63) is 0 Å². The van der Waals surface area contributed by atoms with E-state index in [1.54, 1.807) is 28.1 Å². The third-order valence-corrected chi connectivity index (χ3v) is 1.40. The Balaban J connectivity index is -0.0000000181.